The third kappa shape index (κ3) is 5.53. The number of hydrogen-bond donors (Lipinski definition) is 3. The van der Waals surface area contributed by atoms with Gasteiger partial charge in [-0.1, -0.05) is 55.5 Å². The van der Waals surface area contributed by atoms with Crippen molar-refractivity contribution in [2.75, 3.05) is 13.2 Å². The van der Waals surface area contributed by atoms with Crippen molar-refractivity contribution in [1.82, 2.24) is 10.6 Å². The van der Waals surface area contributed by atoms with Gasteiger partial charge in [0.05, 0.1) is 0 Å². The lowest BCUT2D eigenvalue weighted by Crippen LogP contribution is -2.49. The number of amides is 2. The van der Waals surface area contributed by atoms with E-state index in [-0.39, 0.29) is 36.7 Å². The Hall–Kier alpha value is -3.35. The Morgan fingerprint density at radius 3 is 2.21 bits per heavy atom. The number of carboxylic acids is 1. The molecule has 174 valence electrons. The number of carbonyl (C=O) groups is 3. The Kier molecular flexibility index (Phi) is 6.96. The number of nitrogens with one attached hydrogen (secondary N) is 2. The summed E-state index contributed by atoms with van der Waals surface area (Å²) in [6.45, 7) is 2.47. The van der Waals surface area contributed by atoms with Gasteiger partial charge in [-0.25, -0.2) is 4.79 Å². The molecule has 3 N–H and O–H groups in total. The van der Waals surface area contributed by atoms with Crippen molar-refractivity contribution in [3.05, 3.63) is 59.7 Å². The van der Waals surface area contributed by atoms with Crippen LogP contribution in [0.5, 0.6) is 0 Å². The molecule has 0 spiro atoms. The van der Waals surface area contributed by atoms with Gasteiger partial charge in [0.2, 0.25) is 5.91 Å². The lowest BCUT2D eigenvalue weighted by Gasteiger charge is -2.20. The van der Waals surface area contributed by atoms with Crippen molar-refractivity contribution in [3.8, 4) is 11.1 Å². The van der Waals surface area contributed by atoms with E-state index in [0.29, 0.717) is 13.0 Å². The molecule has 1 fully saturated rings. The van der Waals surface area contributed by atoms with Gasteiger partial charge in [-0.05, 0) is 53.4 Å². The van der Waals surface area contributed by atoms with Crippen molar-refractivity contribution < 1.29 is 24.2 Å². The molecular formula is C26H30N2O5. The molecule has 2 aromatic rings. The highest BCUT2D eigenvalue weighted by Gasteiger charge is 2.38. The molecule has 33 heavy (non-hydrogen) atoms. The average molecular weight is 451 g/mol. The minimum atomic E-state index is -0.846. The summed E-state index contributed by atoms with van der Waals surface area (Å²) in [7, 11) is 0. The maximum Gasteiger partial charge on any atom is 0.407 e. The van der Waals surface area contributed by atoms with E-state index in [0.717, 1.165) is 35.1 Å². The van der Waals surface area contributed by atoms with Crippen LogP contribution in [0.1, 0.15) is 49.7 Å². The van der Waals surface area contributed by atoms with Crippen molar-refractivity contribution in [2.45, 2.75) is 44.6 Å². The van der Waals surface area contributed by atoms with Crippen LogP contribution in [0.3, 0.4) is 0 Å². The maximum atomic E-state index is 12.7. The minimum Gasteiger partial charge on any atom is -0.481 e. The SMILES string of the molecule is CC(CCC(=O)O)CNC(=O)C(NC(=O)OCC1c2ccccc2-c2ccccc21)C1CC1. The fraction of sp³-hybridized carbons (Fsp3) is 0.423. The Morgan fingerprint density at radius 1 is 1.03 bits per heavy atom. The highest BCUT2D eigenvalue weighted by atomic mass is 16.5. The zero-order valence-electron chi connectivity index (χ0n) is 18.8. The molecule has 2 aromatic carbocycles. The number of carboxylic acid groups (broad SMARTS) is 1. The standard InChI is InChI=1S/C26H30N2O5/c1-16(10-13-23(29)30)14-27-25(31)24(17-11-12-17)28-26(32)33-15-22-20-8-4-2-6-18(20)19-7-3-5-9-21(19)22/h2-9,16-17,22,24H,10-15H2,1H3,(H,27,31)(H,28,32)(H,29,30). The van der Waals surface area contributed by atoms with Crippen LogP contribution in [0.15, 0.2) is 48.5 Å². The van der Waals surface area contributed by atoms with Crippen LogP contribution in [0, 0.1) is 11.8 Å². The van der Waals surface area contributed by atoms with Crippen LogP contribution in [0.4, 0.5) is 4.79 Å². The summed E-state index contributed by atoms with van der Waals surface area (Å²) < 4.78 is 5.59. The summed E-state index contributed by atoms with van der Waals surface area (Å²) in [5, 5.41) is 14.4. The quantitative estimate of drug-likeness (QED) is 0.509. The molecule has 4 rings (SSSR count). The van der Waals surface area contributed by atoms with Gasteiger partial charge in [-0.15, -0.1) is 0 Å². The molecule has 0 heterocycles. The molecule has 0 aliphatic heterocycles. The van der Waals surface area contributed by atoms with E-state index in [4.69, 9.17) is 9.84 Å². The fourth-order valence-electron chi connectivity index (χ4n) is 4.45. The van der Waals surface area contributed by atoms with E-state index in [1.54, 1.807) is 0 Å². The Labute approximate surface area is 193 Å². The third-order valence-electron chi connectivity index (χ3n) is 6.47. The molecule has 0 bridgehead atoms. The van der Waals surface area contributed by atoms with E-state index in [2.05, 4.69) is 34.9 Å². The molecule has 0 saturated heterocycles. The predicted octanol–water partition coefficient (Wildman–Crippen LogP) is 3.92. The second-order valence-corrected chi connectivity index (χ2v) is 9.07. The summed E-state index contributed by atoms with van der Waals surface area (Å²) >= 11 is 0. The van der Waals surface area contributed by atoms with E-state index in [9.17, 15) is 14.4 Å². The van der Waals surface area contributed by atoms with Crippen LogP contribution in [0.2, 0.25) is 0 Å². The summed E-state index contributed by atoms with van der Waals surface area (Å²) in [6, 6.07) is 15.6. The fourth-order valence-corrected chi connectivity index (χ4v) is 4.45. The smallest absolute Gasteiger partial charge is 0.407 e. The zero-order valence-corrected chi connectivity index (χ0v) is 18.8. The van der Waals surface area contributed by atoms with E-state index < -0.39 is 18.1 Å². The lowest BCUT2D eigenvalue weighted by molar-refractivity contribution is -0.137. The Morgan fingerprint density at radius 2 is 1.64 bits per heavy atom. The number of benzene rings is 2. The molecule has 2 unspecified atom stereocenters. The van der Waals surface area contributed by atoms with Crippen LogP contribution in [-0.2, 0) is 14.3 Å². The largest absolute Gasteiger partial charge is 0.481 e. The summed E-state index contributed by atoms with van der Waals surface area (Å²) in [6.07, 6.45) is 1.74. The second-order valence-electron chi connectivity index (χ2n) is 9.07. The van der Waals surface area contributed by atoms with Gasteiger partial charge >= 0.3 is 12.1 Å². The first-order valence-corrected chi connectivity index (χ1v) is 11.5. The van der Waals surface area contributed by atoms with E-state index >= 15 is 0 Å². The Balaban J connectivity index is 1.32. The first-order valence-electron chi connectivity index (χ1n) is 11.5. The molecule has 2 atom stereocenters. The maximum absolute atomic E-state index is 12.7. The first kappa shape index (κ1) is 22.8. The molecular weight excluding hydrogens is 420 g/mol. The Bertz CT molecular complexity index is 987. The molecule has 2 amide bonds. The molecule has 0 aromatic heterocycles. The van der Waals surface area contributed by atoms with Gasteiger partial charge in [0.15, 0.2) is 0 Å². The monoisotopic (exact) mass is 450 g/mol. The number of fused-ring (bicyclic) bond motifs is 3. The van der Waals surface area contributed by atoms with Gasteiger partial charge in [-0.3, -0.25) is 9.59 Å². The topological polar surface area (TPSA) is 105 Å². The number of hydrogen-bond acceptors (Lipinski definition) is 4. The van der Waals surface area contributed by atoms with Crippen molar-refractivity contribution in [3.63, 3.8) is 0 Å². The van der Waals surface area contributed by atoms with Crippen LogP contribution >= 0.6 is 0 Å². The third-order valence-corrected chi connectivity index (χ3v) is 6.47. The summed E-state index contributed by atoms with van der Waals surface area (Å²) in [5.41, 5.74) is 4.60. The molecule has 7 heteroatoms. The number of alkyl carbamates (subject to hydrolysis) is 1. The summed E-state index contributed by atoms with van der Waals surface area (Å²) in [5.74, 6) is -0.972. The van der Waals surface area contributed by atoms with Crippen LogP contribution in [-0.4, -0.2) is 42.3 Å². The normalized spacial score (nSPS) is 16.3. The number of rotatable bonds is 10. The van der Waals surface area contributed by atoms with E-state index in [1.807, 2.05) is 31.2 Å². The first-order chi connectivity index (χ1) is 15.9. The number of carbonyl (C=O) groups excluding carboxylic acids is 2. The van der Waals surface area contributed by atoms with Gasteiger partial charge in [-0.2, -0.15) is 0 Å². The number of ether oxygens (including phenoxy) is 1. The lowest BCUT2D eigenvalue weighted by atomic mass is 9.98. The zero-order chi connectivity index (χ0) is 23.4. The second kappa shape index (κ2) is 10.1. The molecule has 1 saturated carbocycles. The van der Waals surface area contributed by atoms with Gasteiger partial charge in [0.25, 0.3) is 0 Å². The summed E-state index contributed by atoms with van der Waals surface area (Å²) in [4.78, 5) is 36.0. The van der Waals surface area contributed by atoms with Crippen molar-refractivity contribution in [1.29, 1.82) is 0 Å². The molecule has 7 nitrogen and oxygen atoms in total. The van der Waals surface area contributed by atoms with E-state index in [1.165, 1.54) is 0 Å². The molecule has 0 radical (unpaired) electrons. The number of aliphatic carboxylic acids is 1. The predicted molar refractivity (Wildman–Crippen MR) is 124 cm³/mol. The van der Waals surface area contributed by atoms with Crippen molar-refractivity contribution in [2.24, 2.45) is 11.8 Å². The molecule has 2 aliphatic rings. The highest BCUT2D eigenvalue weighted by Crippen LogP contribution is 2.44. The highest BCUT2D eigenvalue weighted by molar-refractivity contribution is 5.86. The van der Waals surface area contributed by atoms with Gasteiger partial charge in [0, 0.05) is 18.9 Å². The minimum absolute atomic E-state index is 0.0357. The van der Waals surface area contributed by atoms with Crippen LogP contribution in [0.25, 0.3) is 11.1 Å². The van der Waals surface area contributed by atoms with Crippen molar-refractivity contribution >= 4 is 18.0 Å². The average Bonchev–Trinajstić information content (AvgIpc) is 3.61. The van der Waals surface area contributed by atoms with Crippen LogP contribution < -0.4 is 10.6 Å². The molecule has 2 aliphatic carbocycles. The van der Waals surface area contributed by atoms with Gasteiger partial charge in [0.1, 0.15) is 12.6 Å². The van der Waals surface area contributed by atoms with Gasteiger partial charge < -0.3 is 20.5 Å².